The first-order valence-corrected chi connectivity index (χ1v) is 9.47. The number of nitrogens with two attached hydrogens (primary N) is 1. The number of benzene rings is 2. The predicted molar refractivity (Wildman–Crippen MR) is 122 cm³/mol. The summed E-state index contributed by atoms with van der Waals surface area (Å²) in [6, 6.07) is 4.66. The number of para-hydroxylation sites is 2. The summed E-state index contributed by atoms with van der Waals surface area (Å²) in [5.41, 5.74) is -0.720. The Bertz CT molecular complexity index is 1720. The molecule has 10 heteroatoms. The van der Waals surface area contributed by atoms with Gasteiger partial charge in [0.25, 0.3) is 5.91 Å². The molecule has 10 nitrogen and oxygen atoms in total. The van der Waals surface area contributed by atoms with Crippen LogP contribution < -0.4 is 29.6 Å². The Kier molecular flexibility index (Phi) is 2.79. The van der Waals surface area contributed by atoms with Crippen molar-refractivity contribution in [2.45, 2.75) is 6.08 Å². The minimum Gasteiger partial charge on any atom is -0.493 e. The number of hydrogen-bond donors (Lipinski definition) is 1. The van der Waals surface area contributed by atoms with Crippen LogP contribution in [0, 0.1) is 0 Å². The summed E-state index contributed by atoms with van der Waals surface area (Å²) >= 11 is 0. The molecule has 1 saturated heterocycles. The molecule has 1 atom stereocenters. The van der Waals surface area contributed by atoms with Gasteiger partial charge in [-0.25, -0.2) is 4.98 Å². The lowest BCUT2D eigenvalue weighted by Gasteiger charge is -2.37. The number of carbonyl (C=O) groups is 1. The fraction of sp³-hybridized carbons (Fsp3) is 0.348. The van der Waals surface area contributed by atoms with Crippen LogP contribution in [0.25, 0.3) is 10.9 Å². The van der Waals surface area contributed by atoms with Crippen LogP contribution in [0.4, 0.5) is 11.8 Å². The summed E-state index contributed by atoms with van der Waals surface area (Å²) in [6.07, 6.45) is -2.88. The number of ether oxygens (including phenoxy) is 4. The molecule has 0 spiro atoms. The second-order valence-corrected chi connectivity index (χ2v) is 6.57. The van der Waals surface area contributed by atoms with Gasteiger partial charge in [0.2, 0.25) is 12.0 Å². The molecule has 0 aliphatic carbocycles. The molecule has 2 aliphatic heterocycles. The predicted octanol–water partition coefficient (Wildman–Crippen LogP) is 1.72. The molecule has 33 heavy (non-hydrogen) atoms. The molecule has 172 valence electrons. The molecule has 3 aromatic rings. The van der Waals surface area contributed by atoms with E-state index in [-0.39, 0.29) is 33.6 Å². The fourth-order valence-electron chi connectivity index (χ4n) is 3.01. The molecule has 2 N–H and O–H groups in total. The van der Waals surface area contributed by atoms with Crippen LogP contribution in [0.3, 0.4) is 0 Å². The number of nitrogen functional groups attached to an aromatic ring is 1. The van der Waals surface area contributed by atoms with Gasteiger partial charge in [-0.1, -0.05) is 12.1 Å². The number of hydrogen-bond acceptors (Lipinski definition) is 9. The van der Waals surface area contributed by atoms with E-state index in [9.17, 15) is 4.79 Å². The van der Waals surface area contributed by atoms with Crippen LogP contribution in [0.1, 0.15) is 15.1 Å². The fourth-order valence-corrected chi connectivity index (χ4v) is 3.01. The number of piperazine rings is 1. The number of rotatable bonds is 5. The van der Waals surface area contributed by atoms with Crippen LogP contribution in [-0.2, 0) is 4.79 Å². The quantitative estimate of drug-likeness (QED) is 0.603. The van der Waals surface area contributed by atoms with Gasteiger partial charge < -0.3 is 34.5 Å². The van der Waals surface area contributed by atoms with Gasteiger partial charge in [0, 0.05) is 37.4 Å². The van der Waals surface area contributed by atoms with Crippen molar-refractivity contribution in [1.29, 1.82) is 0 Å². The molecule has 3 heterocycles. The third-order valence-corrected chi connectivity index (χ3v) is 4.59. The zero-order valence-corrected chi connectivity index (χ0v) is 17.3. The molecule has 0 saturated carbocycles. The molecule has 1 fully saturated rings. The average molecular weight is 465 g/mol. The standard InChI is InChI=1S/C23H25N5O5/c1-30-18-11-14-15(12-19(18)31-2)25-23(26-21(14)24)28-9-7-27(8-10-28)22(29)20-13-32-16-5-3-4-6-17(16)33-20/h3-6,11-12,20H,7-10,13H2,1-2H3,(H2,24,25,26)/i7D2,8D2,9D2,10D2,11D,12D,20D/hD2. The van der Waals surface area contributed by atoms with E-state index < -0.39 is 84.2 Å². The van der Waals surface area contributed by atoms with Crippen molar-refractivity contribution in [1.82, 2.24) is 14.9 Å². The molecular weight excluding hydrogens is 426 g/mol. The SMILES string of the molecule is [2H]c1c(OC)c(OC)c([2H])c2c(N([2H])[2H])nc(N3C([2H])([2H])C([2H])([2H])N(C(=O)C4([2H])COc5ccccc5O4)C([2H])([2H])C3([2H])[2H])nc12. The van der Waals surface area contributed by atoms with E-state index in [1.165, 1.54) is 18.2 Å². The normalized spacial score (nSPS) is 31.6. The zero-order chi connectivity index (χ0) is 34.4. The van der Waals surface area contributed by atoms with Gasteiger partial charge in [-0.15, -0.1) is 0 Å². The highest BCUT2D eigenvalue weighted by atomic mass is 16.6. The molecule has 2 aliphatic rings. The van der Waals surface area contributed by atoms with Gasteiger partial charge in [-0.05, 0) is 18.2 Å². The summed E-state index contributed by atoms with van der Waals surface area (Å²) in [4.78, 5) is 21.1. The summed E-state index contributed by atoms with van der Waals surface area (Å²) in [7, 11) is 2.30. The monoisotopic (exact) mass is 464 g/mol. The van der Waals surface area contributed by atoms with Gasteiger partial charge in [-0.3, -0.25) is 4.79 Å². The van der Waals surface area contributed by atoms with E-state index >= 15 is 0 Å². The van der Waals surface area contributed by atoms with Gasteiger partial charge in [-0.2, -0.15) is 4.98 Å². The highest BCUT2D eigenvalue weighted by Crippen LogP contribution is 2.34. The van der Waals surface area contributed by atoms with Crippen LogP contribution in [0.5, 0.6) is 23.0 Å². The number of nitrogens with zero attached hydrogens (tertiary/aromatic N) is 4. The summed E-state index contributed by atoms with van der Waals surface area (Å²) < 4.78 is 132. The highest BCUT2D eigenvalue weighted by molar-refractivity contribution is 5.91. The first kappa shape index (κ1) is 10.8. The number of anilines is 2. The van der Waals surface area contributed by atoms with E-state index in [1.807, 2.05) is 0 Å². The number of amides is 1. The topological polar surface area (TPSA) is 112 Å². The minimum absolute atomic E-state index is 0.123. The van der Waals surface area contributed by atoms with Crippen molar-refractivity contribution in [3.05, 3.63) is 36.4 Å². The first-order chi connectivity index (χ1) is 21.2. The van der Waals surface area contributed by atoms with Crippen molar-refractivity contribution >= 4 is 28.6 Å². The Morgan fingerprint density at radius 1 is 1.18 bits per heavy atom. The molecule has 5 rings (SSSR count). The third kappa shape index (κ3) is 3.88. The smallest absolute Gasteiger partial charge is 0.267 e. The van der Waals surface area contributed by atoms with E-state index in [2.05, 4.69) is 9.97 Å². The number of carbonyl (C=O) groups excluding carboxylic acids is 1. The maximum absolute atomic E-state index is 13.8. The Morgan fingerprint density at radius 3 is 2.64 bits per heavy atom. The summed E-state index contributed by atoms with van der Waals surface area (Å²) in [5, 5.41) is -0.441. The van der Waals surface area contributed by atoms with Crippen molar-refractivity contribution in [3.8, 4) is 23.0 Å². The maximum Gasteiger partial charge on any atom is 0.267 e. The molecule has 0 bridgehead atoms. The highest BCUT2D eigenvalue weighted by Gasteiger charge is 2.33. The largest absolute Gasteiger partial charge is 0.493 e. The first-order valence-electron chi connectivity index (χ1n) is 15.9. The number of aromatic nitrogens is 2. The van der Waals surface area contributed by atoms with Gasteiger partial charge >= 0.3 is 0 Å². The Hall–Kier alpha value is -3.95. The van der Waals surface area contributed by atoms with Gasteiger partial charge in [0.15, 0.2) is 25.8 Å². The lowest BCUT2D eigenvalue weighted by atomic mass is 10.2. The van der Waals surface area contributed by atoms with E-state index in [1.54, 1.807) is 6.07 Å². The van der Waals surface area contributed by atoms with Crippen LogP contribution >= 0.6 is 0 Å². The third-order valence-electron chi connectivity index (χ3n) is 4.59. The maximum atomic E-state index is 13.8. The van der Waals surface area contributed by atoms with E-state index in [0.29, 0.717) is 0 Å². The van der Waals surface area contributed by atoms with Crippen LogP contribution in [0.2, 0.25) is 2.82 Å². The molecule has 2 aromatic carbocycles. The Morgan fingerprint density at radius 2 is 1.91 bits per heavy atom. The Balaban J connectivity index is 1.72. The van der Waals surface area contributed by atoms with Crippen LogP contribution in [0.15, 0.2) is 36.4 Å². The Labute approximate surface area is 209 Å². The molecule has 0 radical (unpaired) electrons. The average Bonchev–Trinajstić information content (AvgIpc) is 2.97. The van der Waals surface area contributed by atoms with Crippen molar-refractivity contribution < 1.29 is 41.6 Å². The second-order valence-electron chi connectivity index (χ2n) is 6.57. The summed E-state index contributed by atoms with van der Waals surface area (Å²) in [5.74, 6) is -4.40. The summed E-state index contributed by atoms with van der Waals surface area (Å²) in [6.45, 7) is -16.0. The van der Waals surface area contributed by atoms with Gasteiger partial charge in [0.1, 0.15) is 12.4 Å². The minimum atomic E-state index is -3.81. The molecule has 1 unspecified atom stereocenters. The lowest BCUT2D eigenvalue weighted by molar-refractivity contribution is -0.141. The van der Waals surface area contributed by atoms with Crippen molar-refractivity contribution in [2.75, 3.05) is 57.4 Å². The van der Waals surface area contributed by atoms with Gasteiger partial charge in [0.05, 0.1) is 34.8 Å². The van der Waals surface area contributed by atoms with Crippen molar-refractivity contribution in [2.24, 2.45) is 0 Å². The zero-order valence-electron chi connectivity index (χ0n) is 30.3. The van der Waals surface area contributed by atoms with E-state index in [4.69, 9.17) is 36.8 Å². The number of fused-ring (bicyclic) bond motifs is 2. The molecular formula is C23H25N5O5. The van der Waals surface area contributed by atoms with Crippen LogP contribution in [-0.4, -0.2) is 73.7 Å². The lowest BCUT2D eigenvalue weighted by Crippen LogP contribution is -2.54. The molecule has 1 amide bonds. The number of methoxy groups -OCH3 is 2. The molecule has 1 aromatic heterocycles. The van der Waals surface area contributed by atoms with Crippen molar-refractivity contribution in [3.63, 3.8) is 0 Å². The van der Waals surface area contributed by atoms with E-state index in [0.717, 1.165) is 14.2 Å². The second kappa shape index (κ2) is 8.53.